The van der Waals surface area contributed by atoms with Crippen LogP contribution in [0.15, 0.2) is 30.5 Å². The third kappa shape index (κ3) is 4.39. The highest BCUT2D eigenvalue weighted by molar-refractivity contribution is 5.88. The first-order valence-electron chi connectivity index (χ1n) is 9.85. The molecule has 0 saturated carbocycles. The number of likely N-dealkylation sites (N-methyl/N-ethyl adjacent to an activating group) is 1. The number of fused-ring (bicyclic) bond motifs is 1. The molecule has 0 spiro atoms. The van der Waals surface area contributed by atoms with Crippen LogP contribution < -0.4 is 4.74 Å². The molecule has 1 aliphatic heterocycles. The number of morpholine rings is 1. The molecule has 1 fully saturated rings. The number of benzene rings is 1. The summed E-state index contributed by atoms with van der Waals surface area (Å²) in [4.78, 5) is 21.2. The second-order valence-corrected chi connectivity index (χ2v) is 7.22. The van der Waals surface area contributed by atoms with E-state index in [0.29, 0.717) is 37.9 Å². The largest absolute Gasteiger partial charge is 0.494 e. The van der Waals surface area contributed by atoms with Crippen LogP contribution >= 0.6 is 0 Å². The average Bonchev–Trinajstić information content (AvgIpc) is 3.21. The van der Waals surface area contributed by atoms with Crippen molar-refractivity contribution in [2.45, 2.75) is 19.6 Å². The van der Waals surface area contributed by atoms with Gasteiger partial charge in [-0.1, -0.05) is 12.1 Å². The van der Waals surface area contributed by atoms with Crippen molar-refractivity contribution in [1.82, 2.24) is 35.0 Å². The number of hydrogen-bond donors (Lipinski definition) is 0. The normalized spacial score (nSPS) is 14.7. The molecule has 30 heavy (non-hydrogen) atoms. The number of aromatic nitrogens is 5. The Labute approximate surface area is 174 Å². The molecule has 0 atom stereocenters. The molecule has 0 N–H and O–H groups in total. The van der Waals surface area contributed by atoms with Crippen LogP contribution in [0.3, 0.4) is 0 Å². The molecule has 10 heteroatoms. The Balaban J connectivity index is 1.44. The van der Waals surface area contributed by atoms with Crippen LogP contribution in [-0.2, 0) is 29.2 Å². The molecule has 1 aliphatic rings. The number of carbonyl (C=O) groups is 1. The number of tetrazole rings is 1. The smallest absolute Gasteiger partial charge is 0.244 e. The van der Waals surface area contributed by atoms with Crippen LogP contribution in [0.2, 0.25) is 0 Å². The third-order valence-corrected chi connectivity index (χ3v) is 5.24. The van der Waals surface area contributed by atoms with Crippen LogP contribution in [0.5, 0.6) is 5.75 Å². The minimum Gasteiger partial charge on any atom is -0.494 e. The Morgan fingerprint density at radius 3 is 2.90 bits per heavy atom. The number of ether oxygens (including phenoxy) is 2. The van der Waals surface area contributed by atoms with Gasteiger partial charge in [0, 0.05) is 38.3 Å². The molecule has 4 rings (SSSR count). The molecule has 0 unspecified atom stereocenters. The van der Waals surface area contributed by atoms with Gasteiger partial charge in [0.1, 0.15) is 17.8 Å². The van der Waals surface area contributed by atoms with E-state index in [4.69, 9.17) is 9.47 Å². The van der Waals surface area contributed by atoms with Gasteiger partial charge in [0.2, 0.25) is 5.91 Å². The van der Waals surface area contributed by atoms with Crippen molar-refractivity contribution in [1.29, 1.82) is 0 Å². The topological polar surface area (TPSA) is 98.5 Å². The van der Waals surface area contributed by atoms with Crippen LogP contribution in [0.25, 0.3) is 10.9 Å². The van der Waals surface area contributed by atoms with Crippen LogP contribution in [0.1, 0.15) is 11.4 Å². The Hall–Kier alpha value is -3.11. The first-order chi connectivity index (χ1) is 14.7. The molecule has 0 radical (unpaired) electrons. The van der Waals surface area contributed by atoms with Crippen molar-refractivity contribution in [2.75, 3.05) is 40.5 Å². The van der Waals surface area contributed by atoms with Crippen LogP contribution in [0, 0.1) is 0 Å². The molecule has 1 amide bonds. The lowest BCUT2D eigenvalue weighted by molar-refractivity contribution is -0.131. The second kappa shape index (κ2) is 9.14. The van der Waals surface area contributed by atoms with E-state index in [1.165, 1.54) is 0 Å². The maximum atomic E-state index is 12.9. The SMILES string of the molecule is COc1ccc(CN(C)C(=O)Cn2nnnc2CN2CCOCC2)c2cccnc12. The maximum Gasteiger partial charge on any atom is 0.244 e. The van der Waals surface area contributed by atoms with Crippen molar-refractivity contribution in [3.05, 3.63) is 41.9 Å². The monoisotopic (exact) mass is 411 g/mol. The number of hydrogen-bond acceptors (Lipinski definition) is 8. The van der Waals surface area contributed by atoms with Gasteiger partial charge in [0.15, 0.2) is 5.82 Å². The zero-order valence-corrected chi connectivity index (χ0v) is 17.2. The van der Waals surface area contributed by atoms with E-state index in [-0.39, 0.29) is 12.5 Å². The molecule has 0 bridgehead atoms. The Morgan fingerprint density at radius 1 is 1.27 bits per heavy atom. The fraction of sp³-hybridized carbons (Fsp3) is 0.450. The fourth-order valence-corrected chi connectivity index (χ4v) is 3.52. The van der Waals surface area contributed by atoms with Gasteiger partial charge in [0.25, 0.3) is 0 Å². The van der Waals surface area contributed by atoms with E-state index in [1.54, 1.807) is 29.9 Å². The zero-order chi connectivity index (χ0) is 20.9. The molecular formula is C20H25N7O3. The van der Waals surface area contributed by atoms with E-state index in [2.05, 4.69) is 25.4 Å². The standard InChI is InChI=1S/C20H25N7O3/c1-25(12-15-5-6-17(29-2)20-16(15)4-3-7-21-20)19(28)14-27-18(22-23-24-27)13-26-8-10-30-11-9-26/h3-7H,8-14H2,1-2H3. The summed E-state index contributed by atoms with van der Waals surface area (Å²) in [7, 11) is 3.40. The number of carbonyl (C=O) groups excluding carboxylic acids is 1. The van der Waals surface area contributed by atoms with Gasteiger partial charge < -0.3 is 14.4 Å². The van der Waals surface area contributed by atoms with Crippen LogP contribution in [-0.4, -0.2) is 81.4 Å². The molecule has 3 aromatic rings. The first-order valence-corrected chi connectivity index (χ1v) is 9.85. The lowest BCUT2D eigenvalue weighted by Crippen LogP contribution is -2.37. The molecule has 1 aromatic carbocycles. The molecule has 10 nitrogen and oxygen atoms in total. The van der Waals surface area contributed by atoms with Crippen molar-refractivity contribution in [3.63, 3.8) is 0 Å². The summed E-state index contributed by atoms with van der Waals surface area (Å²) in [5, 5.41) is 12.8. The van der Waals surface area contributed by atoms with E-state index in [9.17, 15) is 4.79 Å². The quantitative estimate of drug-likeness (QED) is 0.561. The van der Waals surface area contributed by atoms with Crippen molar-refractivity contribution >= 4 is 16.8 Å². The van der Waals surface area contributed by atoms with Gasteiger partial charge in [-0.3, -0.25) is 14.7 Å². The lowest BCUT2D eigenvalue weighted by atomic mass is 10.1. The molecular weight excluding hydrogens is 386 g/mol. The Morgan fingerprint density at radius 2 is 2.10 bits per heavy atom. The highest BCUT2D eigenvalue weighted by atomic mass is 16.5. The molecule has 2 aromatic heterocycles. The summed E-state index contributed by atoms with van der Waals surface area (Å²) >= 11 is 0. The predicted octanol–water partition coefficient (Wildman–Crippen LogP) is 0.721. The van der Waals surface area contributed by atoms with Gasteiger partial charge in [-0.2, -0.15) is 0 Å². The maximum absolute atomic E-state index is 12.9. The van der Waals surface area contributed by atoms with E-state index in [1.807, 2.05) is 24.3 Å². The molecule has 158 valence electrons. The minimum absolute atomic E-state index is 0.0709. The van der Waals surface area contributed by atoms with Gasteiger partial charge in [0.05, 0.1) is 26.9 Å². The molecule has 0 aliphatic carbocycles. The van der Waals surface area contributed by atoms with Gasteiger partial charge in [-0.05, 0) is 28.1 Å². The first kappa shape index (κ1) is 20.2. The van der Waals surface area contributed by atoms with Crippen LogP contribution in [0.4, 0.5) is 0 Å². The second-order valence-electron chi connectivity index (χ2n) is 7.22. The molecule has 3 heterocycles. The number of rotatable bonds is 7. The van der Waals surface area contributed by atoms with E-state index in [0.717, 1.165) is 29.6 Å². The number of methoxy groups -OCH3 is 1. The highest BCUT2D eigenvalue weighted by Crippen LogP contribution is 2.27. The highest BCUT2D eigenvalue weighted by Gasteiger charge is 2.19. The minimum atomic E-state index is -0.0709. The lowest BCUT2D eigenvalue weighted by Gasteiger charge is -2.25. The third-order valence-electron chi connectivity index (χ3n) is 5.24. The summed E-state index contributed by atoms with van der Waals surface area (Å²) in [5.41, 5.74) is 1.78. The number of amides is 1. The summed E-state index contributed by atoms with van der Waals surface area (Å²) in [5.74, 6) is 1.32. The predicted molar refractivity (Wildman–Crippen MR) is 109 cm³/mol. The number of pyridine rings is 1. The van der Waals surface area contributed by atoms with Gasteiger partial charge >= 0.3 is 0 Å². The Kier molecular flexibility index (Phi) is 6.15. The van der Waals surface area contributed by atoms with E-state index < -0.39 is 0 Å². The van der Waals surface area contributed by atoms with Crippen molar-refractivity contribution in [3.8, 4) is 5.75 Å². The summed E-state index contributed by atoms with van der Waals surface area (Å²) in [6.07, 6.45) is 1.73. The van der Waals surface area contributed by atoms with E-state index >= 15 is 0 Å². The fourth-order valence-electron chi connectivity index (χ4n) is 3.52. The van der Waals surface area contributed by atoms with Gasteiger partial charge in [-0.15, -0.1) is 5.10 Å². The number of nitrogens with zero attached hydrogens (tertiary/aromatic N) is 7. The Bertz CT molecular complexity index is 1020. The van der Waals surface area contributed by atoms with Crippen molar-refractivity contribution < 1.29 is 14.3 Å². The summed E-state index contributed by atoms with van der Waals surface area (Å²) < 4.78 is 12.3. The zero-order valence-electron chi connectivity index (χ0n) is 17.2. The van der Waals surface area contributed by atoms with Gasteiger partial charge in [-0.25, -0.2) is 4.68 Å². The average molecular weight is 411 g/mol. The summed E-state index contributed by atoms with van der Waals surface area (Å²) in [6, 6.07) is 7.71. The van der Waals surface area contributed by atoms with Crippen molar-refractivity contribution in [2.24, 2.45) is 0 Å². The molecule has 1 saturated heterocycles. The summed E-state index contributed by atoms with van der Waals surface area (Å²) in [6.45, 7) is 4.21.